The van der Waals surface area contributed by atoms with E-state index in [4.69, 9.17) is 0 Å². The second-order valence-electron chi connectivity index (χ2n) is 5.11. The first-order valence-corrected chi connectivity index (χ1v) is 7.37. The average Bonchev–Trinajstić information content (AvgIpc) is 3.00. The van der Waals surface area contributed by atoms with Crippen LogP contribution in [-0.4, -0.2) is 31.8 Å². The molecule has 2 N–H and O–H groups in total. The Morgan fingerprint density at radius 2 is 2.30 bits per heavy atom. The largest absolute Gasteiger partial charge is 0.378 e. The highest BCUT2D eigenvalue weighted by Crippen LogP contribution is 2.19. The molecule has 1 aliphatic rings. The summed E-state index contributed by atoms with van der Waals surface area (Å²) in [6.45, 7) is 4.61. The molecule has 0 saturated carbocycles. The fourth-order valence-corrected chi connectivity index (χ4v) is 2.36. The first kappa shape index (κ1) is 14.6. The minimum atomic E-state index is 0.170. The van der Waals surface area contributed by atoms with Crippen molar-refractivity contribution in [3.63, 3.8) is 0 Å². The third-order valence-electron chi connectivity index (χ3n) is 3.71. The molecule has 4 heteroatoms. The molecule has 0 fully saturated rings. The van der Waals surface area contributed by atoms with E-state index in [1.807, 2.05) is 12.1 Å². The van der Waals surface area contributed by atoms with Crippen LogP contribution in [0.15, 0.2) is 29.3 Å². The third-order valence-corrected chi connectivity index (χ3v) is 3.71. The lowest BCUT2D eigenvalue weighted by molar-refractivity contribution is -0.111. The van der Waals surface area contributed by atoms with Crippen LogP contribution < -0.4 is 10.6 Å². The van der Waals surface area contributed by atoms with Crippen LogP contribution in [0.5, 0.6) is 0 Å². The molecule has 4 nitrogen and oxygen atoms in total. The minimum Gasteiger partial charge on any atom is -0.378 e. The van der Waals surface area contributed by atoms with Crippen molar-refractivity contribution >= 4 is 17.8 Å². The minimum absolute atomic E-state index is 0.170. The summed E-state index contributed by atoms with van der Waals surface area (Å²) < 4.78 is 0. The Hall–Kier alpha value is -1.84. The van der Waals surface area contributed by atoms with Crippen molar-refractivity contribution in [1.29, 1.82) is 0 Å². The van der Waals surface area contributed by atoms with E-state index in [-0.39, 0.29) is 5.92 Å². The zero-order valence-electron chi connectivity index (χ0n) is 12.1. The normalized spacial score (nSPS) is 15.3. The van der Waals surface area contributed by atoms with E-state index in [1.165, 1.54) is 5.56 Å². The van der Waals surface area contributed by atoms with Gasteiger partial charge in [-0.3, -0.25) is 4.99 Å². The first-order chi connectivity index (χ1) is 9.83. The number of carbonyl (C=O) groups excluding carboxylic acids is 1. The van der Waals surface area contributed by atoms with Gasteiger partial charge in [0.05, 0.1) is 13.1 Å². The van der Waals surface area contributed by atoms with Crippen LogP contribution in [0.25, 0.3) is 0 Å². The van der Waals surface area contributed by atoms with Gasteiger partial charge in [0, 0.05) is 18.2 Å². The van der Waals surface area contributed by atoms with Crippen molar-refractivity contribution in [2.75, 3.05) is 25.0 Å². The summed E-state index contributed by atoms with van der Waals surface area (Å²) in [4.78, 5) is 15.3. The molecular formula is C16H23N3O. The zero-order valence-corrected chi connectivity index (χ0v) is 12.1. The first-order valence-electron chi connectivity index (χ1n) is 7.37. The number of para-hydroxylation sites is 1. The Bertz CT molecular complexity index is 471. The van der Waals surface area contributed by atoms with Gasteiger partial charge in [-0.15, -0.1) is 0 Å². The van der Waals surface area contributed by atoms with Gasteiger partial charge in [-0.1, -0.05) is 25.1 Å². The van der Waals surface area contributed by atoms with E-state index in [0.717, 1.165) is 56.7 Å². The molecule has 1 aromatic rings. The van der Waals surface area contributed by atoms with Crippen molar-refractivity contribution in [1.82, 2.24) is 5.32 Å². The van der Waals surface area contributed by atoms with Crippen LogP contribution in [0.4, 0.5) is 5.69 Å². The van der Waals surface area contributed by atoms with E-state index < -0.39 is 0 Å². The maximum absolute atomic E-state index is 10.9. The molecule has 1 atom stereocenters. The number of aldehydes is 1. The van der Waals surface area contributed by atoms with E-state index in [2.05, 4.69) is 34.7 Å². The predicted octanol–water partition coefficient (Wildman–Crippen LogP) is 2.26. The van der Waals surface area contributed by atoms with Crippen molar-refractivity contribution in [3.05, 3.63) is 29.8 Å². The SMILES string of the molecule is CCC(C=O)CCc1ccccc1NCC1=NCCN1. The number of benzene rings is 1. The quantitative estimate of drug-likeness (QED) is 0.714. The molecule has 0 bridgehead atoms. The van der Waals surface area contributed by atoms with Crippen molar-refractivity contribution in [3.8, 4) is 0 Å². The van der Waals surface area contributed by atoms with E-state index in [9.17, 15) is 4.79 Å². The number of carbonyl (C=O) groups is 1. The molecule has 2 rings (SSSR count). The van der Waals surface area contributed by atoms with E-state index in [0.29, 0.717) is 0 Å². The number of rotatable bonds is 8. The smallest absolute Gasteiger partial charge is 0.123 e. The number of nitrogens with one attached hydrogen (secondary N) is 2. The predicted molar refractivity (Wildman–Crippen MR) is 83.4 cm³/mol. The van der Waals surface area contributed by atoms with Gasteiger partial charge in [0.2, 0.25) is 0 Å². The Balaban J connectivity index is 1.92. The van der Waals surface area contributed by atoms with Crippen molar-refractivity contribution in [2.45, 2.75) is 26.2 Å². The molecular weight excluding hydrogens is 250 g/mol. The second kappa shape index (κ2) is 7.68. The van der Waals surface area contributed by atoms with Crippen LogP contribution >= 0.6 is 0 Å². The van der Waals surface area contributed by atoms with E-state index >= 15 is 0 Å². The van der Waals surface area contributed by atoms with Gasteiger partial charge >= 0.3 is 0 Å². The molecule has 0 spiro atoms. The number of nitrogens with zero attached hydrogens (tertiary/aromatic N) is 1. The maximum Gasteiger partial charge on any atom is 0.123 e. The topological polar surface area (TPSA) is 53.5 Å². The van der Waals surface area contributed by atoms with Gasteiger partial charge in [-0.25, -0.2) is 0 Å². The lowest BCUT2D eigenvalue weighted by Gasteiger charge is -2.13. The highest BCUT2D eigenvalue weighted by atomic mass is 16.1. The monoisotopic (exact) mass is 273 g/mol. The number of amidine groups is 1. The number of hydrogen-bond donors (Lipinski definition) is 2. The molecule has 0 aromatic heterocycles. The Morgan fingerprint density at radius 1 is 1.45 bits per heavy atom. The molecule has 1 heterocycles. The molecule has 0 radical (unpaired) electrons. The standard InChI is InChI=1S/C16H23N3O/c1-2-13(12-20)7-8-14-5-3-4-6-15(14)19-11-16-17-9-10-18-16/h3-6,12-13,19H,2,7-11H2,1H3,(H,17,18). The summed E-state index contributed by atoms with van der Waals surface area (Å²) in [6.07, 6.45) is 3.84. The van der Waals surface area contributed by atoms with Crippen molar-refractivity contribution in [2.24, 2.45) is 10.9 Å². The second-order valence-corrected chi connectivity index (χ2v) is 5.11. The van der Waals surface area contributed by atoms with Gasteiger partial charge in [-0.2, -0.15) is 0 Å². The van der Waals surface area contributed by atoms with Gasteiger partial charge in [-0.05, 0) is 30.9 Å². The van der Waals surface area contributed by atoms with Crippen LogP contribution in [-0.2, 0) is 11.2 Å². The summed E-state index contributed by atoms with van der Waals surface area (Å²) in [5.41, 5.74) is 2.41. The highest BCUT2D eigenvalue weighted by Gasteiger charge is 2.09. The molecule has 0 saturated heterocycles. The third kappa shape index (κ3) is 4.08. The molecule has 108 valence electrons. The molecule has 20 heavy (non-hydrogen) atoms. The average molecular weight is 273 g/mol. The van der Waals surface area contributed by atoms with Crippen LogP contribution in [0.1, 0.15) is 25.3 Å². The molecule has 1 unspecified atom stereocenters. The lowest BCUT2D eigenvalue weighted by Crippen LogP contribution is -2.26. The Labute approximate surface area is 120 Å². The maximum atomic E-state index is 10.9. The Kier molecular flexibility index (Phi) is 5.59. The lowest BCUT2D eigenvalue weighted by atomic mass is 9.97. The molecule has 0 amide bonds. The fourth-order valence-electron chi connectivity index (χ4n) is 2.36. The highest BCUT2D eigenvalue weighted by molar-refractivity contribution is 5.87. The number of anilines is 1. The van der Waals surface area contributed by atoms with Crippen molar-refractivity contribution < 1.29 is 4.79 Å². The number of aliphatic imine (C=N–C) groups is 1. The number of hydrogen-bond acceptors (Lipinski definition) is 4. The fraction of sp³-hybridized carbons (Fsp3) is 0.500. The van der Waals surface area contributed by atoms with Crippen LogP contribution in [0.3, 0.4) is 0 Å². The summed E-state index contributed by atoms with van der Waals surface area (Å²) in [7, 11) is 0. The molecule has 0 aliphatic carbocycles. The van der Waals surface area contributed by atoms with Crippen LogP contribution in [0.2, 0.25) is 0 Å². The summed E-state index contributed by atoms with van der Waals surface area (Å²) >= 11 is 0. The Morgan fingerprint density at radius 3 is 3.00 bits per heavy atom. The zero-order chi connectivity index (χ0) is 14.2. The molecule has 1 aromatic carbocycles. The van der Waals surface area contributed by atoms with Gasteiger partial charge in [0.25, 0.3) is 0 Å². The van der Waals surface area contributed by atoms with Gasteiger partial charge < -0.3 is 15.4 Å². The number of aryl methyl sites for hydroxylation is 1. The summed E-state index contributed by atoms with van der Waals surface area (Å²) in [5, 5.41) is 6.69. The summed E-state index contributed by atoms with van der Waals surface area (Å²) in [5.74, 6) is 1.20. The van der Waals surface area contributed by atoms with Crippen LogP contribution in [0, 0.1) is 5.92 Å². The summed E-state index contributed by atoms with van der Waals surface area (Å²) in [6, 6.07) is 8.30. The van der Waals surface area contributed by atoms with Gasteiger partial charge in [0.1, 0.15) is 12.1 Å². The van der Waals surface area contributed by atoms with E-state index in [1.54, 1.807) is 0 Å². The molecule has 1 aliphatic heterocycles. The van der Waals surface area contributed by atoms with Gasteiger partial charge in [0.15, 0.2) is 0 Å².